The average Bonchev–Trinajstić information content (AvgIpc) is 2.49. The maximum atomic E-state index is 9.84. The second-order valence-corrected chi connectivity index (χ2v) is 5.94. The summed E-state index contributed by atoms with van der Waals surface area (Å²) in [5.74, 6) is 0.00486. The van der Waals surface area contributed by atoms with Crippen LogP contribution in [-0.2, 0) is 6.42 Å². The number of nitrogen functional groups attached to an aromatic ring is 1. The zero-order chi connectivity index (χ0) is 15.5. The third-order valence-corrected chi connectivity index (χ3v) is 4.08. The van der Waals surface area contributed by atoms with Crippen molar-refractivity contribution in [3.8, 4) is 11.5 Å². The largest absolute Gasteiger partial charge is 0.506 e. The van der Waals surface area contributed by atoms with Gasteiger partial charge < -0.3 is 15.9 Å². The van der Waals surface area contributed by atoms with Crippen molar-refractivity contribution in [2.45, 2.75) is 77.6 Å². The summed E-state index contributed by atoms with van der Waals surface area (Å²) in [5.41, 5.74) is 6.54. The van der Waals surface area contributed by atoms with E-state index in [4.69, 9.17) is 5.73 Å². The molecule has 0 saturated heterocycles. The molecule has 0 aromatic heterocycles. The Morgan fingerprint density at radius 3 is 1.90 bits per heavy atom. The lowest BCUT2D eigenvalue weighted by Crippen LogP contribution is -1.93. The highest BCUT2D eigenvalue weighted by Gasteiger charge is 2.08. The third-order valence-electron chi connectivity index (χ3n) is 4.08. The number of benzene rings is 1. The number of aryl methyl sites for hydroxylation is 1. The Kier molecular flexibility index (Phi) is 8.72. The number of phenols is 2. The number of unbranched alkanes of at least 4 members (excludes halogenated alkanes) is 9. The maximum absolute atomic E-state index is 9.84. The first-order valence-electron chi connectivity index (χ1n) is 8.46. The Labute approximate surface area is 129 Å². The van der Waals surface area contributed by atoms with E-state index in [1.165, 1.54) is 57.8 Å². The van der Waals surface area contributed by atoms with Gasteiger partial charge in [-0.1, -0.05) is 70.8 Å². The molecule has 0 radical (unpaired) electrons. The Balaban J connectivity index is 2.06. The summed E-state index contributed by atoms with van der Waals surface area (Å²) in [7, 11) is 0. The molecule has 0 bridgehead atoms. The summed E-state index contributed by atoms with van der Waals surface area (Å²) in [6.07, 6.45) is 13.8. The standard InChI is InChI=1S/C18H31NO2/c1-2-3-4-5-6-7-8-9-10-11-12-15-13-14-16(20)17(19)18(15)21/h13-14,20-21H,2-12,19H2,1H3. The highest BCUT2D eigenvalue weighted by Crippen LogP contribution is 2.33. The lowest BCUT2D eigenvalue weighted by Gasteiger charge is -2.08. The Hall–Kier alpha value is -1.38. The molecule has 3 heteroatoms. The molecule has 0 atom stereocenters. The SMILES string of the molecule is CCCCCCCCCCCCc1ccc(O)c(N)c1O. The molecular weight excluding hydrogens is 262 g/mol. The molecule has 4 N–H and O–H groups in total. The first-order valence-corrected chi connectivity index (χ1v) is 8.46. The lowest BCUT2D eigenvalue weighted by atomic mass is 10.0. The van der Waals surface area contributed by atoms with Gasteiger partial charge in [-0.15, -0.1) is 0 Å². The molecule has 21 heavy (non-hydrogen) atoms. The molecule has 0 unspecified atom stereocenters. The van der Waals surface area contributed by atoms with E-state index in [0.717, 1.165) is 18.4 Å². The van der Waals surface area contributed by atoms with Gasteiger partial charge in [0.2, 0.25) is 0 Å². The molecule has 1 aromatic rings. The van der Waals surface area contributed by atoms with E-state index in [9.17, 15) is 10.2 Å². The quantitative estimate of drug-likeness (QED) is 0.300. The summed E-state index contributed by atoms with van der Waals surface area (Å²) < 4.78 is 0. The van der Waals surface area contributed by atoms with E-state index in [1.807, 2.05) is 0 Å². The second kappa shape index (κ2) is 10.4. The lowest BCUT2D eigenvalue weighted by molar-refractivity contribution is 0.449. The number of nitrogens with two attached hydrogens (primary N) is 1. The van der Waals surface area contributed by atoms with E-state index in [1.54, 1.807) is 12.1 Å². The molecule has 0 aliphatic heterocycles. The van der Waals surface area contributed by atoms with Gasteiger partial charge in [-0.3, -0.25) is 0 Å². The van der Waals surface area contributed by atoms with E-state index < -0.39 is 0 Å². The van der Waals surface area contributed by atoms with Crippen LogP contribution in [0.3, 0.4) is 0 Å². The number of rotatable bonds is 11. The van der Waals surface area contributed by atoms with Crippen LogP contribution in [0.15, 0.2) is 12.1 Å². The Morgan fingerprint density at radius 1 is 0.810 bits per heavy atom. The topological polar surface area (TPSA) is 66.5 Å². The minimum atomic E-state index is -0.0423. The van der Waals surface area contributed by atoms with Crippen molar-refractivity contribution in [3.63, 3.8) is 0 Å². The highest BCUT2D eigenvalue weighted by atomic mass is 16.3. The fraction of sp³-hybridized carbons (Fsp3) is 0.667. The van der Waals surface area contributed by atoms with Crippen LogP contribution in [0.5, 0.6) is 11.5 Å². The van der Waals surface area contributed by atoms with Crippen LogP contribution < -0.4 is 5.73 Å². The van der Waals surface area contributed by atoms with Crippen LogP contribution >= 0.6 is 0 Å². The van der Waals surface area contributed by atoms with Crippen LogP contribution in [0.1, 0.15) is 76.7 Å². The molecule has 0 aliphatic rings. The van der Waals surface area contributed by atoms with Gasteiger partial charge in [-0.2, -0.15) is 0 Å². The maximum Gasteiger partial charge on any atom is 0.145 e. The second-order valence-electron chi connectivity index (χ2n) is 5.94. The highest BCUT2D eigenvalue weighted by molar-refractivity contribution is 5.64. The zero-order valence-electron chi connectivity index (χ0n) is 13.4. The van der Waals surface area contributed by atoms with Gasteiger partial charge in [0, 0.05) is 0 Å². The number of anilines is 1. The van der Waals surface area contributed by atoms with Crippen LogP contribution in [0.25, 0.3) is 0 Å². The fourth-order valence-electron chi connectivity index (χ4n) is 2.65. The molecular formula is C18H31NO2. The van der Waals surface area contributed by atoms with E-state index >= 15 is 0 Å². The molecule has 3 nitrogen and oxygen atoms in total. The fourth-order valence-corrected chi connectivity index (χ4v) is 2.65. The molecule has 0 aliphatic carbocycles. The number of phenolic OH excluding ortho intramolecular Hbond substituents is 2. The number of aromatic hydroxyl groups is 2. The molecule has 120 valence electrons. The molecule has 0 fully saturated rings. The Morgan fingerprint density at radius 2 is 1.33 bits per heavy atom. The summed E-state index contributed by atoms with van der Waals surface area (Å²) in [6.45, 7) is 2.25. The van der Waals surface area contributed by atoms with Crippen molar-refractivity contribution in [1.82, 2.24) is 0 Å². The Bertz CT molecular complexity index is 404. The molecule has 0 saturated carbocycles. The van der Waals surface area contributed by atoms with E-state index in [-0.39, 0.29) is 17.2 Å². The first kappa shape index (κ1) is 17.7. The van der Waals surface area contributed by atoms with Crippen molar-refractivity contribution in [2.75, 3.05) is 5.73 Å². The number of hydrogen-bond acceptors (Lipinski definition) is 3. The minimum Gasteiger partial charge on any atom is -0.506 e. The zero-order valence-corrected chi connectivity index (χ0v) is 13.4. The van der Waals surface area contributed by atoms with Gasteiger partial charge in [0.05, 0.1) is 0 Å². The van der Waals surface area contributed by atoms with E-state index in [2.05, 4.69) is 6.92 Å². The summed E-state index contributed by atoms with van der Waals surface area (Å²) >= 11 is 0. The van der Waals surface area contributed by atoms with Gasteiger partial charge in [-0.25, -0.2) is 0 Å². The van der Waals surface area contributed by atoms with Crippen LogP contribution in [0, 0.1) is 0 Å². The van der Waals surface area contributed by atoms with Gasteiger partial charge in [0.15, 0.2) is 0 Å². The van der Waals surface area contributed by atoms with Gasteiger partial charge in [0.1, 0.15) is 17.2 Å². The van der Waals surface area contributed by atoms with Gasteiger partial charge in [0.25, 0.3) is 0 Å². The first-order chi connectivity index (χ1) is 10.2. The van der Waals surface area contributed by atoms with Crippen LogP contribution in [-0.4, -0.2) is 10.2 Å². The summed E-state index contributed by atoms with van der Waals surface area (Å²) in [4.78, 5) is 0. The van der Waals surface area contributed by atoms with Crippen molar-refractivity contribution in [1.29, 1.82) is 0 Å². The third kappa shape index (κ3) is 6.74. The monoisotopic (exact) mass is 293 g/mol. The predicted octanol–water partition coefficient (Wildman–Crippen LogP) is 5.14. The predicted molar refractivity (Wildman–Crippen MR) is 89.7 cm³/mol. The minimum absolute atomic E-state index is 0.0423. The van der Waals surface area contributed by atoms with Crippen LogP contribution in [0.2, 0.25) is 0 Å². The van der Waals surface area contributed by atoms with Gasteiger partial charge in [-0.05, 0) is 24.5 Å². The average molecular weight is 293 g/mol. The molecule has 1 aromatic carbocycles. The molecule has 0 amide bonds. The van der Waals surface area contributed by atoms with Crippen LogP contribution in [0.4, 0.5) is 5.69 Å². The number of hydrogen-bond donors (Lipinski definition) is 3. The van der Waals surface area contributed by atoms with E-state index in [0.29, 0.717) is 0 Å². The van der Waals surface area contributed by atoms with Crippen molar-refractivity contribution in [2.24, 2.45) is 0 Å². The smallest absolute Gasteiger partial charge is 0.145 e. The molecule has 0 heterocycles. The molecule has 0 spiro atoms. The summed E-state index contributed by atoms with van der Waals surface area (Å²) in [6, 6.07) is 3.31. The van der Waals surface area contributed by atoms with Crippen molar-refractivity contribution in [3.05, 3.63) is 17.7 Å². The molecule has 1 rings (SSSR count). The van der Waals surface area contributed by atoms with Crippen molar-refractivity contribution >= 4 is 5.69 Å². The summed E-state index contributed by atoms with van der Waals surface area (Å²) in [5, 5.41) is 19.2. The van der Waals surface area contributed by atoms with Crippen molar-refractivity contribution < 1.29 is 10.2 Å². The normalized spacial score (nSPS) is 10.9. The van der Waals surface area contributed by atoms with Gasteiger partial charge >= 0.3 is 0 Å².